The van der Waals surface area contributed by atoms with Crippen LogP contribution in [0.1, 0.15) is 64.7 Å². The summed E-state index contributed by atoms with van der Waals surface area (Å²) in [5.74, 6) is -0.730. The van der Waals surface area contributed by atoms with Crippen molar-refractivity contribution in [3.05, 3.63) is 5.21 Å². The molecule has 1 aliphatic rings. The smallest absolute Gasteiger partial charge is 0.476 e. The molecule has 0 aromatic heterocycles. The Morgan fingerprint density at radius 2 is 1.83 bits per heavy atom. The number of carbonyl (C=O) groups excluding carboxylic acids is 1. The summed E-state index contributed by atoms with van der Waals surface area (Å²) in [5, 5.41) is 25.3. The van der Waals surface area contributed by atoms with Gasteiger partial charge in [-0.3, -0.25) is 10.1 Å². The van der Waals surface area contributed by atoms with Gasteiger partial charge in [0.1, 0.15) is 0 Å². The average Bonchev–Trinajstić information content (AvgIpc) is 2.54. The van der Waals surface area contributed by atoms with Crippen LogP contribution in [0.25, 0.3) is 0 Å². The molecule has 1 rings (SSSR count). The Labute approximate surface area is 142 Å². The second kappa shape index (κ2) is 11.7. The second-order valence-electron chi connectivity index (χ2n) is 6.10. The van der Waals surface area contributed by atoms with E-state index in [1.165, 1.54) is 12.8 Å². The highest BCUT2D eigenvalue weighted by atomic mass is 16.5. The summed E-state index contributed by atoms with van der Waals surface area (Å²) < 4.78 is 5.36. The highest BCUT2D eigenvalue weighted by Crippen LogP contribution is 2.11. The molecule has 3 N–H and O–H groups in total. The lowest BCUT2D eigenvalue weighted by molar-refractivity contribution is -0.374. The fourth-order valence-corrected chi connectivity index (χ4v) is 2.57. The maximum Gasteiger partial charge on any atom is 0.476 e. The Morgan fingerprint density at radius 3 is 2.50 bits per heavy atom. The number of carbonyl (C=O) groups is 2. The van der Waals surface area contributed by atoms with Gasteiger partial charge >= 0.3 is 12.1 Å². The normalized spacial score (nSPS) is 25.0. The summed E-state index contributed by atoms with van der Waals surface area (Å²) in [6, 6.07) is 0. The number of hydroxylamine groups is 1. The van der Waals surface area contributed by atoms with E-state index in [4.69, 9.17) is 9.84 Å². The van der Waals surface area contributed by atoms with E-state index in [0.717, 1.165) is 38.5 Å². The summed E-state index contributed by atoms with van der Waals surface area (Å²) in [6.07, 6.45) is 7.11. The van der Waals surface area contributed by atoms with Gasteiger partial charge in [0.2, 0.25) is 0 Å². The third kappa shape index (κ3) is 8.71. The van der Waals surface area contributed by atoms with Gasteiger partial charge in [-0.05, 0) is 19.8 Å². The first-order valence-corrected chi connectivity index (χ1v) is 8.73. The van der Waals surface area contributed by atoms with Crippen molar-refractivity contribution in [1.29, 1.82) is 0 Å². The summed E-state index contributed by atoms with van der Waals surface area (Å²) >= 11 is 0. The van der Waals surface area contributed by atoms with Gasteiger partial charge in [-0.25, -0.2) is 10.1 Å². The van der Waals surface area contributed by atoms with E-state index >= 15 is 0 Å². The van der Waals surface area contributed by atoms with Crippen molar-refractivity contribution in [3.63, 3.8) is 0 Å². The van der Waals surface area contributed by atoms with Gasteiger partial charge in [-0.15, -0.1) is 0 Å². The number of nitrogens with one attached hydrogen (secondary N) is 2. The first kappa shape index (κ1) is 20.2. The molecule has 8 heteroatoms. The number of nitrogens with zero attached hydrogens (tertiary/aromatic N) is 1. The second-order valence-corrected chi connectivity index (χ2v) is 6.10. The molecule has 0 aromatic rings. The summed E-state index contributed by atoms with van der Waals surface area (Å²) in [7, 11) is 0. The largest absolute Gasteiger partial charge is 0.735 e. The van der Waals surface area contributed by atoms with Gasteiger partial charge in [-0.1, -0.05) is 38.5 Å². The fourth-order valence-electron chi connectivity index (χ4n) is 2.57. The fraction of sp³-hybridized carbons (Fsp3) is 0.812. The van der Waals surface area contributed by atoms with E-state index in [-0.39, 0.29) is 35.7 Å². The zero-order chi connectivity index (χ0) is 17.8. The Kier molecular flexibility index (Phi) is 9.83. The van der Waals surface area contributed by atoms with E-state index in [0.29, 0.717) is 6.61 Å². The van der Waals surface area contributed by atoms with E-state index in [1.54, 1.807) is 0 Å². The molecule has 24 heavy (non-hydrogen) atoms. The average molecular weight is 343 g/mol. The number of hydrogen-bond donors (Lipinski definition) is 3. The van der Waals surface area contributed by atoms with Crippen LogP contribution in [-0.4, -0.2) is 47.1 Å². The summed E-state index contributed by atoms with van der Waals surface area (Å²) in [4.78, 5) is 22.7. The van der Waals surface area contributed by atoms with Crippen molar-refractivity contribution in [2.24, 2.45) is 0 Å². The highest BCUT2D eigenvalue weighted by Gasteiger charge is 2.17. The van der Waals surface area contributed by atoms with Crippen LogP contribution >= 0.6 is 0 Å². The van der Waals surface area contributed by atoms with Crippen LogP contribution in [0.5, 0.6) is 0 Å². The Morgan fingerprint density at radius 1 is 1.21 bits per heavy atom. The topological polar surface area (TPSA) is 114 Å². The lowest BCUT2D eigenvalue weighted by Crippen LogP contribution is -2.48. The molecular weight excluding hydrogens is 314 g/mol. The molecule has 1 heterocycles. The SMILES string of the molecule is CC1CCCCCCCCCC(=O)N/C(=[N+](\[O-])C(=O)O)NCCO1. The van der Waals surface area contributed by atoms with E-state index in [9.17, 15) is 14.8 Å². The predicted molar refractivity (Wildman–Crippen MR) is 89.8 cm³/mol. The highest BCUT2D eigenvalue weighted by molar-refractivity contribution is 5.95. The van der Waals surface area contributed by atoms with Crippen molar-refractivity contribution < 1.29 is 24.2 Å². The number of guanidine groups is 1. The van der Waals surface area contributed by atoms with Crippen LogP contribution < -0.4 is 10.6 Å². The third-order valence-electron chi connectivity index (χ3n) is 3.95. The molecule has 0 saturated carbocycles. The molecule has 1 unspecified atom stereocenters. The molecule has 1 atom stereocenters. The number of rotatable bonds is 0. The molecular formula is C16H29N3O5. The molecule has 0 spiro atoms. The molecule has 8 nitrogen and oxygen atoms in total. The molecule has 1 saturated heterocycles. The van der Waals surface area contributed by atoms with E-state index < -0.39 is 6.09 Å². The summed E-state index contributed by atoms with van der Waals surface area (Å²) in [5.41, 5.74) is 0. The van der Waals surface area contributed by atoms with Crippen LogP contribution in [0.15, 0.2) is 0 Å². The quantitative estimate of drug-likeness (QED) is 0.353. The molecule has 0 radical (unpaired) electrons. The van der Waals surface area contributed by atoms with Gasteiger partial charge in [-0.2, -0.15) is 4.74 Å². The molecule has 0 aromatic carbocycles. The molecule has 138 valence electrons. The van der Waals surface area contributed by atoms with Crippen molar-refractivity contribution >= 4 is 18.0 Å². The van der Waals surface area contributed by atoms with Gasteiger partial charge in [0.05, 0.1) is 19.3 Å². The molecule has 0 bridgehead atoms. The lowest BCUT2D eigenvalue weighted by Gasteiger charge is -2.14. The van der Waals surface area contributed by atoms with Crippen molar-refractivity contribution in [1.82, 2.24) is 10.6 Å². The van der Waals surface area contributed by atoms with Gasteiger partial charge in [0.25, 0.3) is 5.91 Å². The summed E-state index contributed by atoms with van der Waals surface area (Å²) in [6.45, 7) is 2.57. The Hall–Kier alpha value is -1.83. The number of ether oxygens (including phenoxy) is 1. The van der Waals surface area contributed by atoms with Gasteiger partial charge in [0.15, 0.2) is 0 Å². The predicted octanol–water partition coefficient (Wildman–Crippen LogP) is 2.17. The van der Waals surface area contributed by atoms with Crippen molar-refractivity contribution in [2.75, 3.05) is 13.2 Å². The van der Waals surface area contributed by atoms with Crippen LogP contribution in [0, 0.1) is 5.21 Å². The minimum Gasteiger partial charge on any atom is -0.735 e. The zero-order valence-corrected chi connectivity index (χ0v) is 14.4. The molecule has 1 fully saturated rings. The number of carboxylic acid groups (broad SMARTS) is 1. The first-order valence-electron chi connectivity index (χ1n) is 8.73. The lowest BCUT2D eigenvalue weighted by atomic mass is 10.1. The maximum atomic E-state index is 11.9. The monoisotopic (exact) mass is 343 g/mol. The standard InChI is InChI=1S/C16H29N3O5/c1-13-9-7-5-3-2-4-6-8-10-14(20)18-15(17-11-12-24-13)19(23)16(21)22/h13,17H,2-12H2,1H3,(H,18,20)(H,21,22)/b19-15-. The van der Waals surface area contributed by atoms with Crippen molar-refractivity contribution in [2.45, 2.75) is 70.8 Å². The minimum atomic E-state index is -1.68. The van der Waals surface area contributed by atoms with E-state index in [2.05, 4.69) is 10.6 Å². The molecule has 0 aliphatic carbocycles. The van der Waals surface area contributed by atoms with Crippen LogP contribution in [0.2, 0.25) is 0 Å². The first-order chi connectivity index (χ1) is 11.5. The van der Waals surface area contributed by atoms with Crippen molar-refractivity contribution in [3.8, 4) is 0 Å². The third-order valence-corrected chi connectivity index (χ3v) is 3.95. The van der Waals surface area contributed by atoms with Gasteiger partial charge < -0.3 is 15.1 Å². The Balaban J connectivity index is 2.63. The molecule has 2 amide bonds. The maximum absolute atomic E-state index is 11.9. The number of hydrogen-bond acceptors (Lipinski definition) is 4. The van der Waals surface area contributed by atoms with E-state index in [1.807, 2.05) is 6.92 Å². The minimum absolute atomic E-state index is 0.114. The van der Waals surface area contributed by atoms with Crippen LogP contribution in [-0.2, 0) is 9.53 Å². The molecule has 1 aliphatic heterocycles. The van der Waals surface area contributed by atoms with Crippen LogP contribution in [0.4, 0.5) is 4.79 Å². The number of amides is 2. The van der Waals surface area contributed by atoms with Crippen LogP contribution in [0.3, 0.4) is 0 Å². The zero-order valence-electron chi connectivity index (χ0n) is 14.4. The van der Waals surface area contributed by atoms with Gasteiger partial charge in [0, 0.05) is 6.42 Å². The Bertz CT molecular complexity index is 439.